The second-order valence-corrected chi connectivity index (χ2v) is 7.70. The molecule has 0 radical (unpaired) electrons. The Morgan fingerprint density at radius 1 is 1.04 bits per heavy atom. The zero-order chi connectivity index (χ0) is 18.6. The largest absolute Gasteiger partial charge is 0.320 e. The zero-order valence-corrected chi connectivity index (χ0v) is 16.1. The Hall–Kier alpha value is -2.60. The van der Waals surface area contributed by atoms with E-state index in [0.717, 1.165) is 17.7 Å². The molecule has 0 aliphatic carbocycles. The van der Waals surface area contributed by atoms with E-state index in [-0.39, 0.29) is 11.3 Å². The van der Waals surface area contributed by atoms with Gasteiger partial charge in [0.25, 0.3) is 0 Å². The number of hydrogen-bond acceptors (Lipinski definition) is 4. The van der Waals surface area contributed by atoms with Gasteiger partial charge in [-0.1, -0.05) is 66.7 Å². The lowest BCUT2D eigenvalue weighted by Gasteiger charge is -2.22. The molecule has 0 spiro atoms. The highest BCUT2D eigenvalue weighted by Gasteiger charge is 2.34. The smallest absolute Gasteiger partial charge is 0.234 e. The Kier molecular flexibility index (Phi) is 5.25. The number of amides is 1. The molecule has 4 rings (SSSR count). The maximum atomic E-state index is 12.4. The molecular weight excluding hydrogens is 356 g/mol. The van der Waals surface area contributed by atoms with Crippen molar-refractivity contribution in [2.24, 2.45) is 0 Å². The van der Waals surface area contributed by atoms with E-state index in [4.69, 9.17) is 0 Å². The summed E-state index contributed by atoms with van der Waals surface area (Å²) in [6.45, 7) is 3.46. The van der Waals surface area contributed by atoms with Crippen molar-refractivity contribution < 1.29 is 4.79 Å². The van der Waals surface area contributed by atoms with Crippen LogP contribution in [0.1, 0.15) is 34.7 Å². The number of carbonyl (C=O) groups is 1. The summed E-state index contributed by atoms with van der Waals surface area (Å²) in [5.41, 5.74) is 4.55. The summed E-state index contributed by atoms with van der Waals surface area (Å²) in [4.78, 5) is 14.3. The Bertz CT molecular complexity index is 925. The highest BCUT2D eigenvalue weighted by atomic mass is 32.2. The molecule has 6 heteroatoms. The highest BCUT2D eigenvalue weighted by Crippen LogP contribution is 2.38. The molecule has 1 aliphatic rings. The van der Waals surface area contributed by atoms with Gasteiger partial charge in [0, 0.05) is 6.54 Å². The molecule has 1 aliphatic heterocycles. The van der Waals surface area contributed by atoms with Crippen LogP contribution in [0.4, 0.5) is 0 Å². The molecule has 1 amide bonds. The minimum Gasteiger partial charge on any atom is -0.320 e. The maximum absolute atomic E-state index is 12.4. The average molecular weight is 379 g/mol. The van der Waals surface area contributed by atoms with Crippen LogP contribution in [0.15, 0.2) is 60.8 Å². The number of carbonyl (C=O) groups excluding carboxylic acids is 1. The van der Waals surface area contributed by atoms with Crippen molar-refractivity contribution in [3.05, 3.63) is 83.2 Å². The molecule has 27 heavy (non-hydrogen) atoms. The molecular formula is C21H22N4OS. The van der Waals surface area contributed by atoms with Gasteiger partial charge in [-0.25, -0.2) is 4.68 Å². The van der Waals surface area contributed by atoms with Crippen LogP contribution in [0.25, 0.3) is 0 Å². The maximum Gasteiger partial charge on any atom is 0.234 e. The first-order chi connectivity index (χ1) is 13.2. The summed E-state index contributed by atoms with van der Waals surface area (Å²) in [5, 5.41) is 8.61. The zero-order valence-electron chi connectivity index (χ0n) is 15.3. The molecule has 1 atom stereocenters. The van der Waals surface area contributed by atoms with Gasteiger partial charge in [0.1, 0.15) is 11.1 Å². The van der Waals surface area contributed by atoms with Gasteiger partial charge < -0.3 is 4.90 Å². The fourth-order valence-electron chi connectivity index (χ4n) is 3.39. The Morgan fingerprint density at radius 2 is 1.78 bits per heavy atom. The summed E-state index contributed by atoms with van der Waals surface area (Å²) in [6, 6.07) is 18.5. The molecule has 1 aromatic heterocycles. The molecule has 1 fully saturated rings. The van der Waals surface area contributed by atoms with Gasteiger partial charge in [-0.05, 0) is 23.1 Å². The van der Waals surface area contributed by atoms with E-state index in [1.165, 1.54) is 11.1 Å². The van der Waals surface area contributed by atoms with Crippen molar-refractivity contribution in [2.45, 2.75) is 31.8 Å². The van der Waals surface area contributed by atoms with Crippen LogP contribution in [0.5, 0.6) is 0 Å². The molecule has 3 aromatic rings. The summed E-state index contributed by atoms with van der Waals surface area (Å²) in [5.74, 6) is 0.642. The van der Waals surface area contributed by atoms with Crippen molar-refractivity contribution in [1.29, 1.82) is 0 Å². The van der Waals surface area contributed by atoms with E-state index in [9.17, 15) is 4.79 Å². The number of thioether (sulfide) groups is 1. The lowest BCUT2D eigenvalue weighted by atomic mass is 10.1. The lowest BCUT2D eigenvalue weighted by molar-refractivity contribution is -0.128. The van der Waals surface area contributed by atoms with E-state index in [0.29, 0.717) is 18.8 Å². The fourth-order valence-corrected chi connectivity index (χ4v) is 4.50. The normalized spacial score (nSPS) is 16.9. The standard InChI is InChI=1S/C21H22N4OS/c1-2-17-10-6-7-11-18(17)13-24-14-19(22-23-24)21-25(20(26)15-27-21)12-16-8-4-3-5-9-16/h3-11,14,21H,2,12-13,15H2,1H3/t21-/m0/s1. The summed E-state index contributed by atoms with van der Waals surface area (Å²) in [6.07, 6.45) is 2.97. The third-order valence-electron chi connectivity index (χ3n) is 4.80. The quantitative estimate of drug-likeness (QED) is 0.657. The SMILES string of the molecule is CCc1ccccc1Cn1cc([C@@H]2SCC(=O)N2Cc2ccccc2)nn1. The average Bonchev–Trinajstić information content (AvgIpc) is 3.30. The molecule has 2 heterocycles. The van der Waals surface area contributed by atoms with Crippen LogP contribution < -0.4 is 0 Å². The molecule has 0 N–H and O–H groups in total. The van der Waals surface area contributed by atoms with Crippen molar-refractivity contribution in [3.8, 4) is 0 Å². The van der Waals surface area contributed by atoms with Gasteiger partial charge in [-0.2, -0.15) is 0 Å². The Labute approximate surface area is 163 Å². The second kappa shape index (κ2) is 7.96. The minimum atomic E-state index is -0.0760. The van der Waals surface area contributed by atoms with Gasteiger partial charge in [0.15, 0.2) is 0 Å². The van der Waals surface area contributed by atoms with E-state index < -0.39 is 0 Å². The summed E-state index contributed by atoms with van der Waals surface area (Å²) in [7, 11) is 0. The predicted octanol–water partition coefficient (Wildman–Crippen LogP) is 3.66. The fraction of sp³-hybridized carbons (Fsp3) is 0.286. The second-order valence-electron chi connectivity index (χ2n) is 6.63. The first-order valence-corrected chi connectivity index (χ1v) is 10.2. The third-order valence-corrected chi connectivity index (χ3v) is 6.03. The number of aromatic nitrogens is 3. The van der Waals surface area contributed by atoms with Gasteiger partial charge >= 0.3 is 0 Å². The summed E-state index contributed by atoms with van der Waals surface area (Å²) < 4.78 is 1.87. The molecule has 0 bridgehead atoms. The van der Waals surface area contributed by atoms with Gasteiger partial charge in [0.05, 0.1) is 18.5 Å². The molecule has 5 nitrogen and oxygen atoms in total. The van der Waals surface area contributed by atoms with Crippen molar-refractivity contribution >= 4 is 17.7 Å². The van der Waals surface area contributed by atoms with E-state index in [1.54, 1.807) is 11.8 Å². The van der Waals surface area contributed by atoms with Gasteiger partial charge in [0.2, 0.25) is 5.91 Å². The predicted molar refractivity (Wildman–Crippen MR) is 107 cm³/mol. The van der Waals surface area contributed by atoms with Crippen LogP contribution in [0.3, 0.4) is 0 Å². The van der Waals surface area contributed by atoms with Crippen molar-refractivity contribution in [1.82, 2.24) is 19.9 Å². The number of aryl methyl sites for hydroxylation is 1. The lowest BCUT2D eigenvalue weighted by Crippen LogP contribution is -2.27. The number of hydrogen-bond donors (Lipinski definition) is 0. The first kappa shape index (κ1) is 17.8. The van der Waals surface area contributed by atoms with Crippen LogP contribution in [0, 0.1) is 0 Å². The van der Waals surface area contributed by atoms with Gasteiger partial charge in [-0.3, -0.25) is 4.79 Å². The molecule has 138 valence electrons. The molecule has 0 unspecified atom stereocenters. The first-order valence-electron chi connectivity index (χ1n) is 9.16. The monoisotopic (exact) mass is 378 g/mol. The topological polar surface area (TPSA) is 51.0 Å². The third kappa shape index (κ3) is 3.90. The number of rotatable bonds is 6. The number of nitrogens with zero attached hydrogens (tertiary/aromatic N) is 4. The Balaban J connectivity index is 1.52. The van der Waals surface area contributed by atoms with Crippen molar-refractivity contribution in [3.63, 3.8) is 0 Å². The molecule has 0 saturated carbocycles. The summed E-state index contributed by atoms with van der Waals surface area (Å²) >= 11 is 1.62. The van der Waals surface area contributed by atoms with Gasteiger partial charge in [-0.15, -0.1) is 16.9 Å². The van der Waals surface area contributed by atoms with E-state index in [1.807, 2.05) is 46.1 Å². The Morgan fingerprint density at radius 3 is 2.56 bits per heavy atom. The van der Waals surface area contributed by atoms with Crippen LogP contribution in [-0.2, 0) is 24.3 Å². The van der Waals surface area contributed by atoms with Crippen LogP contribution >= 0.6 is 11.8 Å². The number of benzene rings is 2. The van der Waals surface area contributed by atoms with Crippen LogP contribution in [-0.4, -0.2) is 31.6 Å². The van der Waals surface area contributed by atoms with Crippen LogP contribution in [0.2, 0.25) is 0 Å². The molecule has 2 aromatic carbocycles. The highest BCUT2D eigenvalue weighted by molar-refractivity contribution is 8.00. The van der Waals surface area contributed by atoms with Crippen molar-refractivity contribution in [2.75, 3.05) is 5.75 Å². The van der Waals surface area contributed by atoms with E-state index in [2.05, 4.69) is 41.5 Å². The molecule has 1 saturated heterocycles. The van der Waals surface area contributed by atoms with E-state index >= 15 is 0 Å². The minimum absolute atomic E-state index is 0.0760.